The highest BCUT2D eigenvalue weighted by Gasteiger charge is 2.35. The van der Waals surface area contributed by atoms with E-state index in [9.17, 15) is 13.2 Å². The van der Waals surface area contributed by atoms with E-state index in [0.717, 1.165) is 4.31 Å². The molecule has 0 saturated heterocycles. The van der Waals surface area contributed by atoms with Crippen LogP contribution in [0.2, 0.25) is 0 Å². The molecule has 1 aromatic rings. The van der Waals surface area contributed by atoms with Crippen LogP contribution in [0.15, 0.2) is 24.3 Å². The first-order valence-electron chi connectivity index (χ1n) is 5.07. The number of halogens is 1. The molecule has 2 N–H and O–H groups in total. The standard InChI is InChI=1S/C10H11ClN2O4S/c11-6-18(15,16)13-5-9(10(12)14)17-8-4-2-1-3-7(8)13/h1-4,9H,5-6H2,(H2,12,14). The van der Waals surface area contributed by atoms with Gasteiger partial charge in [-0.1, -0.05) is 12.1 Å². The molecule has 1 amide bonds. The Morgan fingerprint density at radius 3 is 2.78 bits per heavy atom. The second kappa shape index (κ2) is 4.66. The molecule has 8 heteroatoms. The van der Waals surface area contributed by atoms with Crippen molar-refractivity contribution in [3.05, 3.63) is 24.3 Å². The normalized spacial score (nSPS) is 18.9. The van der Waals surface area contributed by atoms with Crippen molar-refractivity contribution in [2.75, 3.05) is 16.1 Å². The monoisotopic (exact) mass is 290 g/mol. The lowest BCUT2D eigenvalue weighted by molar-refractivity contribution is -0.124. The number of hydrogen-bond acceptors (Lipinski definition) is 4. The van der Waals surface area contributed by atoms with Crippen molar-refractivity contribution in [1.29, 1.82) is 0 Å². The average Bonchev–Trinajstić information content (AvgIpc) is 2.37. The second-order valence-corrected chi connectivity index (χ2v) is 6.21. The molecule has 1 atom stereocenters. The maximum atomic E-state index is 11.9. The molecule has 0 radical (unpaired) electrons. The molecule has 2 rings (SSSR count). The summed E-state index contributed by atoms with van der Waals surface area (Å²) in [6, 6.07) is 6.50. The largest absolute Gasteiger partial charge is 0.476 e. The summed E-state index contributed by atoms with van der Waals surface area (Å²) in [5, 5.41) is -0.577. The molecule has 6 nitrogen and oxygen atoms in total. The molecule has 1 aromatic carbocycles. The van der Waals surface area contributed by atoms with Gasteiger partial charge in [0, 0.05) is 0 Å². The third-order valence-corrected chi connectivity index (χ3v) is 4.65. The number of benzene rings is 1. The van der Waals surface area contributed by atoms with Crippen molar-refractivity contribution < 1.29 is 17.9 Å². The summed E-state index contributed by atoms with van der Waals surface area (Å²) >= 11 is 5.43. The van der Waals surface area contributed by atoms with Crippen molar-refractivity contribution in [3.63, 3.8) is 0 Å². The van der Waals surface area contributed by atoms with Crippen molar-refractivity contribution in [2.45, 2.75) is 6.10 Å². The van der Waals surface area contributed by atoms with Gasteiger partial charge in [0.2, 0.25) is 10.0 Å². The molecule has 0 aromatic heterocycles. The maximum Gasteiger partial charge on any atom is 0.260 e. The first kappa shape index (κ1) is 13.0. The van der Waals surface area contributed by atoms with Crippen LogP contribution in [0.25, 0.3) is 0 Å². The number of anilines is 1. The number of amides is 1. The Hall–Kier alpha value is -1.47. The van der Waals surface area contributed by atoms with Gasteiger partial charge >= 0.3 is 0 Å². The Kier molecular flexibility index (Phi) is 3.36. The molecule has 0 aliphatic carbocycles. The zero-order valence-electron chi connectivity index (χ0n) is 9.24. The van der Waals surface area contributed by atoms with Gasteiger partial charge in [0.15, 0.2) is 6.10 Å². The van der Waals surface area contributed by atoms with Crippen LogP contribution in [0, 0.1) is 0 Å². The predicted octanol–water partition coefficient (Wildman–Crippen LogP) is 0.265. The minimum atomic E-state index is -3.69. The number of hydrogen-bond donors (Lipinski definition) is 1. The van der Waals surface area contributed by atoms with Gasteiger partial charge in [-0.05, 0) is 12.1 Å². The number of alkyl halides is 1. The van der Waals surface area contributed by atoms with Crippen molar-refractivity contribution in [3.8, 4) is 5.75 Å². The quantitative estimate of drug-likeness (QED) is 0.809. The van der Waals surface area contributed by atoms with Gasteiger partial charge in [-0.3, -0.25) is 9.10 Å². The van der Waals surface area contributed by atoms with E-state index >= 15 is 0 Å². The van der Waals surface area contributed by atoms with Crippen LogP contribution in [0.5, 0.6) is 5.75 Å². The smallest absolute Gasteiger partial charge is 0.260 e. The molecule has 98 valence electrons. The van der Waals surface area contributed by atoms with E-state index in [4.69, 9.17) is 22.1 Å². The van der Waals surface area contributed by atoms with Gasteiger partial charge in [0.1, 0.15) is 11.0 Å². The number of rotatable bonds is 3. The van der Waals surface area contributed by atoms with Crippen molar-refractivity contribution in [1.82, 2.24) is 0 Å². The van der Waals surface area contributed by atoms with Crippen LogP contribution in [-0.4, -0.2) is 32.2 Å². The molecule has 1 unspecified atom stereocenters. The summed E-state index contributed by atoms with van der Waals surface area (Å²) in [4.78, 5) is 11.2. The number of carbonyl (C=O) groups excluding carboxylic acids is 1. The Morgan fingerprint density at radius 1 is 1.50 bits per heavy atom. The molecule has 0 spiro atoms. The minimum absolute atomic E-state index is 0.165. The Bertz CT molecular complexity index is 575. The van der Waals surface area contributed by atoms with E-state index in [1.54, 1.807) is 24.3 Å². The maximum absolute atomic E-state index is 11.9. The molecule has 0 saturated carbocycles. The summed E-state index contributed by atoms with van der Waals surface area (Å²) in [5.74, 6) is -0.430. The van der Waals surface area contributed by atoms with Crippen molar-refractivity contribution in [2.24, 2.45) is 5.73 Å². The zero-order valence-corrected chi connectivity index (χ0v) is 10.8. The first-order chi connectivity index (χ1) is 8.45. The molecule has 1 aliphatic heterocycles. The van der Waals surface area contributed by atoms with Crippen LogP contribution >= 0.6 is 11.6 Å². The summed E-state index contributed by atoms with van der Waals surface area (Å²) < 4.78 is 30.1. The fraction of sp³-hybridized carbons (Fsp3) is 0.300. The SMILES string of the molecule is NC(=O)C1CN(S(=O)(=O)CCl)c2ccccc2O1. The van der Waals surface area contributed by atoms with Gasteiger partial charge in [-0.25, -0.2) is 8.42 Å². The van der Waals surface area contributed by atoms with Gasteiger partial charge < -0.3 is 10.5 Å². The molecule has 0 fully saturated rings. The molecular weight excluding hydrogens is 280 g/mol. The highest BCUT2D eigenvalue weighted by atomic mass is 35.5. The van der Waals surface area contributed by atoms with Crippen LogP contribution in [-0.2, 0) is 14.8 Å². The molecule has 1 heterocycles. The zero-order chi connectivity index (χ0) is 13.3. The number of nitrogens with two attached hydrogens (primary N) is 1. The van der Waals surface area contributed by atoms with E-state index in [-0.39, 0.29) is 6.54 Å². The van der Waals surface area contributed by atoms with Gasteiger partial charge in [0.05, 0.1) is 12.2 Å². The van der Waals surface area contributed by atoms with E-state index in [1.807, 2.05) is 0 Å². The lowest BCUT2D eigenvalue weighted by atomic mass is 10.2. The highest BCUT2D eigenvalue weighted by molar-refractivity contribution is 7.93. The summed E-state index contributed by atoms with van der Waals surface area (Å²) in [6.07, 6.45) is -1.02. The van der Waals surface area contributed by atoms with E-state index in [0.29, 0.717) is 11.4 Å². The van der Waals surface area contributed by atoms with E-state index in [2.05, 4.69) is 0 Å². The molecule has 0 bridgehead atoms. The second-order valence-electron chi connectivity index (χ2n) is 3.73. The Labute approximate surface area is 109 Å². The fourth-order valence-electron chi connectivity index (χ4n) is 1.67. The highest BCUT2D eigenvalue weighted by Crippen LogP contribution is 2.35. The van der Waals surface area contributed by atoms with Crippen molar-refractivity contribution >= 4 is 33.2 Å². The Balaban J connectivity index is 2.50. The third kappa shape index (κ3) is 2.23. The number of primary amides is 1. The number of nitrogens with zero attached hydrogens (tertiary/aromatic N) is 1. The number of carbonyl (C=O) groups is 1. The number of sulfonamides is 1. The number of ether oxygens (including phenoxy) is 1. The molecular formula is C10H11ClN2O4S. The number of para-hydroxylation sites is 2. The average molecular weight is 291 g/mol. The fourth-order valence-corrected chi connectivity index (χ4v) is 2.96. The molecule has 18 heavy (non-hydrogen) atoms. The van der Waals surface area contributed by atoms with Crippen LogP contribution < -0.4 is 14.8 Å². The number of fused-ring (bicyclic) bond motifs is 1. The summed E-state index contributed by atoms with van der Waals surface area (Å²) in [7, 11) is -3.69. The van der Waals surface area contributed by atoms with Crippen LogP contribution in [0.4, 0.5) is 5.69 Å². The van der Waals surface area contributed by atoms with E-state index < -0.39 is 27.2 Å². The molecule has 1 aliphatic rings. The minimum Gasteiger partial charge on any atom is -0.476 e. The lowest BCUT2D eigenvalue weighted by Gasteiger charge is -2.33. The lowest BCUT2D eigenvalue weighted by Crippen LogP contribution is -2.49. The third-order valence-electron chi connectivity index (χ3n) is 2.53. The van der Waals surface area contributed by atoms with Crippen LogP contribution in [0.3, 0.4) is 0 Å². The summed E-state index contributed by atoms with van der Waals surface area (Å²) in [6.45, 7) is -0.165. The van der Waals surface area contributed by atoms with Gasteiger partial charge in [0.25, 0.3) is 5.91 Å². The first-order valence-corrected chi connectivity index (χ1v) is 7.21. The van der Waals surface area contributed by atoms with E-state index in [1.165, 1.54) is 0 Å². The topological polar surface area (TPSA) is 89.7 Å². The van der Waals surface area contributed by atoms with Gasteiger partial charge in [-0.2, -0.15) is 0 Å². The van der Waals surface area contributed by atoms with Gasteiger partial charge in [-0.15, -0.1) is 11.6 Å². The Morgan fingerprint density at radius 2 is 2.17 bits per heavy atom. The predicted molar refractivity (Wildman–Crippen MR) is 67.0 cm³/mol. The summed E-state index contributed by atoms with van der Waals surface area (Å²) in [5.41, 5.74) is 5.51. The van der Waals surface area contributed by atoms with Crippen LogP contribution in [0.1, 0.15) is 0 Å².